The first-order valence-electron chi connectivity index (χ1n) is 6.73. The lowest BCUT2D eigenvalue weighted by atomic mass is 9.99. The molecule has 0 radical (unpaired) electrons. The first-order chi connectivity index (χ1) is 9.33. The van der Waals surface area contributed by atoms with Crippen LogP contribution in [0.2, 0.25) is 0 Å². The molecule has 0 aromatic heterocycles. The van der Waals surface area contributed by atoms with E-state index in [1.165, 1.54) is 11.9 Å². The second kappa shape index (κ2) is 9.17. The highest BCUT2D eigenvalue weighted by Crippen LogP contribution is 2.08. The molecule has 0 fully saturated rings. The number of urea groups is 1. The van der Waals surface area contributed by atoms with E-state index in [0.717, 1.165) is 0 Å². The van der Waals surface area contributed by atoms with Crippen LogP contribution in [0.4, 0.5) is 4.79 Å². The summed E-state index contributed by atoms with van der Waals surface area (Å²) in [6.07, 6.45) is 0.725. The smallest absolute Gasteiger partial charge is 0.326 e. The number of nitrogens with one attached hydrogen (secondary N) is 1. The number of carboxylic acid groups (broad SMARTS) is 1. The number of amides is 2. The Morgan fingerprint density at radius 2 is 1.90 bits per heavy atom. The minimum absolute atomic E-state index is 0.0822. The average Bonchev–Trinajstić information content (AvgIpc) is 2.40. The summed E-state index contributed by atoms with van der Waals surface area (Å²) in [6.45, 7) is 5.80. The normalized spacial score (nSPS) is 13.2. The van der Waals surface area contributed by atoms with Gasteiger partial charge in [-0.15, -0.1) is 0 Å². The van der Waals surface area contributed by atoms with Crippen LogP contribution in [0.1, 0.15) is 33.6 Å². The van der Waals surface area contributed by atoms with Crippen LogP contribution >= 0.6 is 0 Å². The molecule has 0 unspecified atom stereocenters. The average molecular weight is 288 g/mol. The molecule has 116 valence electrons. The Labute approximate surface area is 119 Å². The summed E-state index contributed by atoms with van der Waals surface area (Å²) in [4.78, 5) is 35.4. The molecule has 0 aliphatic rings. The third-order valence-corrected chi connectivity index (χ3v) is 3.06. The summed E-state index contributed by atoms with van der Waals surface area (Å²) in [6, 6.07) is -1.44. The molecule has 0 aromatic rings. The van der Waals surface area contributed by atoms with Crippen molar-refractivity contribution in [3.05, 3.63) is 0 Å². The van der Waals surface area contributed by atoms with Crippen molar-refractivity contribution in [1.82, 2.24) is 10.2 Å². The van der Waals surface area contributed by atoms with E-state index in [0.29, 0.717) is 13.0 Å². The minimum Gasteiger partial charge on any atom is -0.480 e. The van der Waals surface area contributed by atoms with Crippen LogP contribution in [-0.4, -0.2) is 54.2 Å². The van der Waals surface area contributed by atoms with Gasteiger partial charge in [-0.05, 0) is 12.8 Å². The van der Waals surface area contributed by atoms with Gasteiger partial charge in [0.2, 0.25) is 0 Å². The molecule has 0 saturated heterocycles. The number of rotatable bonds is 8. The summed E-state index contributed by atoms with van der Waals surface area (Å²) in [5, 5.41) is 11.5. The number of carbonyl (C=O) groups is 3. The molecular formula is C13H24N2O5. The lowest BCUT2D eigenvalue weighted by Gasteiger charge is -2.24. The first-order valence-corrected chi connectivity index (χ1v) is 6.73. The highest BCUT2D eigenvalue weighted by Gasteiger charge is 2.26. The van der Waals surface area contributed by atoms with Gasteiger partial charge in [0.05, 0.1) is 13.0 Å². The number of carboxylic acids is 1. The Kier molecular flexibility index (Phi) is 8.35. The summed E-state index contributed by atoms with van der Waals surface area (Å²) in [7, 11) is 1.50. The molecule has 2 atom stereocenters. The largest absolute Gasteiger partial charge is 0.480 e. The van der Waals surface area contributed by atoms with E-state index in [4.69, 9.17) is 9.84 Å². The highest BCUT2D eigenvalue weighted by molar-refractivity contribution is 5.83. The molecule has 0 saturated carbocycles. The Balaban J connectivity index is 4.35. The molecule has 0 rings (SSSR count). The molecule has 0 heterocycles. The Hall–Kier alpha value is -1.79. The van der Waals surface area contributed by atoms with Gasteiger partial charge in [-0.25, -0.2) is 9.59 Å². The molecular weight excluding hydrogens is 264 g/mol. The predicted octanol–water partition coefficient (Wildman–Crippen LogP) is 1.08. The molecule has 2 amide bonds. The molecule has 2 N–H and O–H groups in total. The zero-order valence-corrected chi connectivity index (χ0v) is 12.5. The molecule has 7 nitrogen and oxygen atoms in total. The van der Waals surface area contributed by atoms with Crippen LogP contribution in [0.15, 0.2) is 0 Å². The second-order valence-electron chi connectivity index (χ2n) is 4.63. The monoisotopic (exact) mass is 288 g/mol. The first kappa shape index (κ1) is 18.2. The van der Waals surface area contributed by atoms with Gasteiger partial charge >= 0.3 is 18.0 Å². The third-order valence-electron chi connectivity index (χ3n) is 3.06. The minimum atomic E-state index is -1.06. The van der Waals surface area contributed by atoms with E-state index in [2.05, 4.69) is 5.32 Å². The fourth-order valence-corrected chi connectivity index (χ4v) is 1.52. The van der Waals surface area contributed by atoms with Crippen LogP contribution in [0.25, 0.3) is 0 Å². The SMILES string of the molecule is CCOC(=O)CCN(C)C(=O)N[C@H](C(=O)O)[C@@H](C)CC. The molecule has 0 bridgehead atoms. The summed E-state index contributed by atoms with van der Waals surface area (Å²) in [5.41, 5.74) is 0. The van der Waals surface area contributed by atoms with Gasteiger partial charge in [0.1, 0.15) is 6.04 Å². The van der Waals surface area contributed by atoms with Gasteiger partial charge in [0, 0.05) is 13.6 Å². The maximum absolute atomic E-state index is 11.8. The summed E-state index contributed by atoms with van der Waals surface area (Å²) >= 11 is 0. The van der Waals surface area contributed by atoms with Gasteiger partial charge in [0.25, 0.3) is 0 Å². The molecule has 7 heteroatoms. The van der Waals surface area contributed by atoms with E-state index >= 15 is 0 Å². The molecule has 0 spiro atoms. The zero-order chi connectivity index (χ0) is 15.7. The number of hydrogen-bond acceptors (Lipinski definition) is 4. The van der Waals surface area contributed by atoms with Crippen LogP contribution in [0.3, 0.4) is 0 Å². The third kappa shape index (κ3) is 6.40. The Morgan fingerprint density at radius 3 is 2.35 bits per heavy atom. The van der Waals surface area contributed by atoms with Gasteiger partial charge in [-0.2, -0.15) is 0 Å². The van der Waals surface area contributed by atoms with E-state index in [9.17, 15) is 14.4 Å². The van der Waals surface area contributed by atoms with Gasteiger partial charge in [-0.1, -0.05) is 20.3 Å². The summed E-state index contributed by atoms with van der Waals surface area (Å²) < 4.78 is 4.76. The van der Waals surface area contributed by atoms with E-state index in [-0.39, 0.29) is 24.9 Å². The van der Waals surface area contributed by atoms with Crippen LogP contribution in [-0.2, 0) is 14.3 Å². The maximum atomic E-state index is 11.8. The number of aliphatic carboxylic acids is 1. The second-order valence-corrected chi connectivity index (χ2v) is 4.63. The van der Waals surface area contributed by atoms with Gasteiger partial charge in [-0.3, -0.25) is 4.79 Å². The number of ether oxygens (including phenoxy) is 1. The van der Waals surface area contributed by atoms with Gasteiger partial charge < -0.3 is 20.1 Å². The maximum Gasteiger partial charge on any atom is 0.326 e. The highest BCUT2D eigenvalue weighted by atomic mass is 16.5. The van der Waals surface area contributed by atoms with Crippen LogP contribution < -0.4 is 5.32 Å². The van der Waals surface area contributed by atoms with Crippen molar-refractivity contribution in [3.8, 4) is 0 Å². The van der Waals surface area contributed by atoms with Gasteiger partial charge in [0.15, 0.2) is 0 Å². The van der Waals surface area contributed by atoms with Crippen LogP contribution in [0, 0.1) is 5.92 Å². The van der Waals surface area contributed by atoms with Crippen molar-refractivity contribution in [1.29, 1.82) is 0 Å². The zero-order valence-electron chi connectivity index (χ0n) is 12.5. The lowest BCUT2D eigenvalue weighted by molar-refractivity contribution is -0.143. The lowest BCUT2D eigenvalue weighted by Crippen LogP contribution is -2.49. The quantitative estimate of drug-likeness (QED) is 0.652. The topological polar surface area (TPSA) is 95.9 Å². The molecule has 0 aromatic carbocycles. The Morgan fingerprint density at radius 1 is 1.30 bits per heavy atom. The number of esters is 1. The van der Waals surface area contributed by atoms with Crippen molar-refractivity contribution in [3.63, 3.8) is 0 Å². The molecule has 0 aliphatic heterocycles. The molecule has 20 heavy (non-hydrogen) atoms. The Bertz CT molecular complexity index is 346. The predicted molar refractivity (Wildman–Crippen MR) is 73.3 cm³/mol. The fourth-order valence-electron chi connectivity index (χ4n) is 1.52. The van der Waals surface area contributed by atoms with Crippen molar-refractivity contribution in [2.24, 2.45) is 5.92 Å². The van der Waals surface area contributed by atoms with Crippen molar-refractivity contribution in [2.75, 3.05) is 20.2 Å². The fraction of sp³-hybridized carbons (Fsp3) is 0.769. The van der Waals surface area contributed by atoms with E-state index in [1.54, 1.807) is 13.8 Å². The number of nitrogens with zero attached hydrogens (tertiary/aromatic N) is 1. The summed E-state index contributed by atoms with van der Waals surface area (Å²) in [5.74, 6) is -1.62. The van der Waals surface area contributed by atoms with E-state index < -0.39 is 18.0 Å². The van der Waals surface area contributed by atoms with Crippen molar-refractivity contribution < 1.29 is 24.2 Å². The van der Waals surface area contributed by atoms with E-state index in [1.807, 2.05) is 6.92 Å². The molecule has 0 aliphatic carbocycles. The standard InChI is InChI=1S/C13H24N2O5/c1-5-9(3)11(12(17)18)14-13(19)15(4)8-7-10(16)20-6-2/h9,11H,5-8H2,1-4H3,(H,14,19)(H,17,18)/t9-,11-/m0/s1. The number of carbonyl (C=O) groups excluding carboxylic acids is 2. The van der Waals surface area contributed by atoms with Crippen molar-refractivity contribution >= 4 is 18.0 Å². The van der Waals surface area contributed by atoms with Crippen molar-refractivity contribution in [2.45, 2.75) is 39.7 Å². The number of hydrogen-bond donors (Lipinski definition) is 2. The van der Waals surface area contributed by atoms with Crippen LogP contribution in [0.5, 0.6) is 0 Å².